The van der Waals surface area contributed by atoms with E-state index in [-0.39, 0.29) is 5.60 Å². The molecule has 19 heavy (non-hydrogen) atoms. The van der Waals surface area contributed by atoms with Crippen molar-refractivity contribution in [2.75, 3.05) is 6.61 Å². The second kappa shape index (κ2) is 6.01. The minimum atomic E-state index is -0.0124. The Labute approximate surface area is 115 Å². The summed E-state index contributed by atoms with van der Waals surface area (Å²) in [5.41, 5.74) is -0.0124. The standard InChI is InChI=1S/C14H26N4O/c1-11(2)9-18-13(16-10-17-18)8-15-12-5-6-19-14(3,4)7-12/h10-12,15H,5-9H2,1-4H3. The van der Waals surface area contributed by atoms with Crippen LogP contribution in [0.15, 0.2) is 6.33 Å². The minimum absolute atomic E-state index is 0.0124. The molecule has 2 heterocycles. The maximum atomic E-state index is 5.74. The van der Waals surface area contributed by atoms with Crippen molar-refractivity contribution in [1.82, 2.24) is 20.1 Å². The average Bonchev–Trinajstić information content (AvgIpc) is 2.71. The molecule has 108 valence electrons. The summed E-state index contributed by atoms with van der Waals surface area (Å²) in [6, 6.07) is 0.507. The van der Waals surface area contributed by atoms with Crippen molar-refractivity contribution in [3.8, 4) is 0 Å². The van der Waals surface area contributed by atoms with E-state index in [4.69, 9.17) is 4.74 Å². The third-order valence-corrected chi connectivity index (χ3v) is 3.48. The number of aromatic nitrogens is 3. The zero-order valence-corrected chi connectivity index (χ0v) is 12.5. The van der Waals surface area contributed by atoms with Crippen LogP contribution in [0.5, 0.6) is 0 Å². The molecule has 2 rings (SSSR count). The van der Waals surface area contributed by atoms with Crippen LogP contribution in [0, 0.1) is 5.92 Å². The summed E-state index contributed by atoms with van der Waals surface area (Å²) < 4.78 is 7.74. The molecule has 1 unspecified atom stereocenters. The minimum Gasteiger partial charge on any atom is -0.375 e. The zero-order chi connectivity index (χ0) is 13.9. The summed E-state index contributed by atoms with van der Waals surface area (Å²) in [5.74, 6) is 1.61. The molecule has 1 N–H and O–H groups in total. The zero-order valence-electron chi connectivity index (χ0n) is 12.5. The number of ether oxygens (including phenoxy) is 1. The Kier molecular flexibility index (Phi) is 4.58. The largest absolute Gasteiger partial charge is 0.375 e. The van der Waals surface area contributed by atoms with Crippen LogP contribution in [0.25, 0.3) is 0 Å². The lowest BCUT2D eigenvalue weighted by Crippen LogP contribution is -2.43. The summed E-state index contributed by atoms with van der Waals surface area (Å²) in [5, 5.41) is 7.88. The molecule has 5 nitrogen and oxygen atoms in total. The van der Waals surface area contributed by atoms with Gasteiger partial charge >= 0.3 is 0 Å². The number of nitrogens with one attached hydrogen (secondary N) is 1. The Bertz CT molecular complexity index is 400. The molecular weight excluding hydrogens is 240 g/mol. The van der Waals surface area contributed by atoms with E-state index in [0.717, 1.165) is 38.4 Å². The highest BCUT2D eigenvalue weighted by molar-refractivity contribution is 4.88. The van der Waals surface area contributed by atoms with E-state index in [1.54, 1.807) is 6.33 Å². The van der Waals surface area contributed by atoms with Gasteiger partial charge in [0.2, 0.25) is 0 Å². The molecule has 0 bridgehead atoms. The second-order valence-corrected chi connectivity index (χ2v) is 6.43. The number of hydrogen-bond acceptors (Lipinski definition) is 4. The van der Waals surface area contributed by atoms with Gasteiger partial charge in [-0.25, -0.2) is 9.67 Å². The monoisotopic (exact) mass is 266 g/mol. The van der Waals surface area contributed by atoms with Gasteiger partial charge in [-0.1, -0.05) is 13.8 Å². The molecule has 1 aromatic heterocycles. The van der Waals surface area contributed by atoms with Gasteiger partial charge in [0.25, 0.3) is 0 Å². The number of rotatable bonds is 5. The summed E-state index contributed by atoms with van der Waals surface area (Å²) >= 11 is 0. The van der Waals surface area contributed by atoms with Crippen LogP contribution >= 0.6 is 0 Å². The van der Waals surface area contributed by atoms with Gasteiger partial charge in [0.05, 0.1) is 12.1 Å². The van der Waals surface area contributed by atoms with Crippen molar-refractivity contribution in [3.63, 3.8) is 0 Å². The molecular formula is C14H26N4O. The molecule has 0 amide bonds. The van der Waals surface area contributed by atoms with Gasteiger partial charge in [0.15, 0.2) is 0 Å². The Morgan fingerprint density at radius 1 is 1.53 bits per heavy atom. The summed E-state index contributed by atoms with van der Waals surface area (Å²) in [7, 11) is 0. The van der Waals surface area contributed by atoms with Gasteiger partial charge in [0.1, 0.15) is 12.2 Å². The van der Waals surface area contributed by atoms with E-state index in [0.29, 0.717) is 12.0 Å². The Balaban J connectivity index is 1.87. The van der Waals surface area contributed by atoms with Crippen molar-refractivity contribution in [3.05, 3.63) is 12.2 Å². The van der Waals surface area contributed by atoms with E-state index in [1.165, 1.54) is 0 Å². The van der Waals surface area contributed by atoms with E-state index in [1.807, 2.05) is 4.68 Å². The first-order chi connectivity index (χ1) is 8.96. The molecule has 0 aliphatic carbocycles. The maximum Gasteiger partial charge on any atom is 0.140 e. The SMILES string of the molecule is CC(C)Cn1ncnc1CNC1CCOC(C)(C)C1. The van der Waals surface area contributed by atoms with Crippen LogP contribution in [0.3, 0.4) is 0 Å². The average molecular weight is 266 g/mol. The molecule has 1 saturated heterocycles. The second-order valence-electron chi connectivity index (χ2n) is 6.43. The van der Waals surface area contributed by atoms with Gasteiger partial charge < -0.3 is 10.1 Å². The molecule has 1 aliphatic heterocycles. The lowest BCUT2D eigenvalue weighted by Gasteiger charge is -2.35. The molecule has 0 saturated carbocycles. The van der Waals surface area contributed by atoms with Gasteiger partial charge in [0, 0.05) is 19.2 Å². The topological polar surface area (TPSA) is 52.0 Å². The quantitative estimate of drug-likeness (QED) is 0.885. The summed E-state index contributed by atoms with van der Waals surface area (Å²) in [6.07, 6.45) is 3.76. The first kappa shape index (κ1) is 14.5. The first-order valence-corrected chi connectivity index (χ1v) is 7.20. The van der Waals surface area contributed by atoms with Crippen molar-refractivity contribution >= 4 is 0 Å². The Hall–Kier alpha value is -0.940. The lowest BCUT2D eigenvalue weighted by atomic mass is 9.94. The highest BCUT2D eigenvalue weighted by Crippen LogP contribution is 2.24. The fraction of sp³-hybridized carbons (Fsp3) is 0.857. The highest BCUT2D eigenvalue weighted by Gasteiger charge is 2.28. The smallest absolute Gasteiger partial charge is 0.140 e. The fourth-order valence-electron chi connectivity index (χ4n) is 2.57. The van der Waals surface area contributed by atoms with Crippen LogP contribution in [-0.2, 0) is 17.8 Å². The predicted molar refractivity (Wildman–Crippen MR) is 74.8 cm³/mol. The molecule has 1 aliphatic rings. The van der Waals surface area contributed by atoms with Gasteiger partial charge in [-0.15, -0.1) is 0 Å². The van der Waals surface area contributed by atoms with Crippen LogP contribution in [0.1, 0.15) is 46.4 Å². The van der Waals surface area contributed by atoms with Crippen LogP contribution < -0.4 is 5.32 Å². The van der Waals surface area contributed by atoms with Crippen LogP contribution in [-0.4, -0.2) is 33.0 Å². The number of nitrogens with zero attached hydrogens (tertiary/aromatic N) is 3. The Morgan fingerprint density at radius 2 is 2.32 bits per heavy atom. The maximum absolute atomic E-state index is 5.74. The first-order valence-electron chi connectivity index (χ1n) is 7.20. The van der Waals surface area contributed by atoms with Crippen LogP contribution in [0.2, 0.25) is 0 Å². The van der Waals surface area contributed by atoms with Gasteiger partial charge in [-0.3, -0.25) is 0 Å². The molecule has 5 heteroatoms. The summed E-state index contributed by atoms with van der Waals surface area (Å²) in [4.78, 5) is 4.35. The van der Waals surface area contributed by atoms with Crippen LogP contribution in [0.4, 0.5) is 0 Å². The van der Waals surface area contributed by atoms with E-state index < -0.39 is 0 Å². The van der Waals surface area contributed by atoms with E-state index in [2.05, 4.69) is 43.1 Å². The number of hydrogen-bond donors (Lipinski definition) is 1. The van der Waals surface area contributed by atoms with Crippen molar-refractivity contribution in [2.45, 2.75) is 65.3 Å². The molecule has 0 aromatic carbocycles. The lowest BCUT2D eigenvalue weighted by molar-refractivity contribution is -0.0631. The highest BCUT2D eigenvalue weighted by atomic mass is 16.5. The van der Waals surface area contributed by atoms with Crippen molar-refractivity contribution in [2.24, 2.45) is 5.92 Å². The molecule has 0 spiro atoms. The third kappa shape index (κ3) is 4.28. The summed E-state index contributed by atoms with van der Waals surface area (Å²) in [6.45, 7) is 11.2. The van der Waals surface area contributed by atoms with E-state index in [9.17, 15) is 0 Å². The van der Waals surface area contributed by atoms with E-state index >= 15 is 0 Å². The molecule has 1 aromatic rings. The molecule has 1 atom stereocenters. The predicted octanol–water partition coefficient (Wildman–Crippen LogP) is 1.98. The van der Waals surface area contributed by atoms with Gasteiger partial charge in [-0.05, 0) is 32.6 Å². The normalized spacial score (nSPS) is 22.9. The fourth-order valence-corrected chi connectivity index (χ4v) is 2.57. The van der Waals surface area contributed by atoms with Gasteiger partial charge in [-0.2, -0.15) is 5.10 Å². The van der Waals surface area contributed by atoms with Crippen molar-refractivity contribution in [1.29, 1.82) is 0 Å². The van der Waals surface area contributed by atoms with Crippen molar-refractivity contribution < 1.29 is 4.74 Å². The molecule has 1 fully saturated rings. The molecule has 0 radical (unpaired) electrons. The third-order valence-electron chi connectivity index (χ3n) is 3.48. The Morgan fingerprint density at radius 3 is 3.00 bits per heavy atom.